The normalized spacial score (nSPS) is 17.5. The van der Waals surface area contributed by atoms with Gasteiger partial charge in [-0.2, -0.15) is 8.42 Å². The second-order valence-corrected chi connectivity index (χ2v) is 7.01. The fourth-order valence-corrected chi connectivity index (χ4v) is 3.35. The first kappa shape index (κ1) is 16.7. The van der Waals surface area contributed by atoms with E-state index in [2.05, 4.69) is 0 Å². The Labute approximate surface area is 130 Å². The molecule has 0 saturated carbocycles. The fraction of sp³-hybridized carbons (Fsp3) is 0.571. The van der Waals surface area contributed by atoms with Crippen LogP contribution in [-0.2, 0) is 14.3 Å². The van der Waals surface area contributed by atoms with Crippen molar-refractivity contribution in [2.45, 2.75) is 12.8 Å². The molecule has 0 spiro atoms. The Bertz CT molecular complexity index is 685. The zero-order valence-electron chi connectivity index (χ0n) is 13.3. The summed E-state index contributed by atoms with van der Waals surface area (Å²) >= 11 is 0. The molecule has 1 N–H and O–H groups in total. The molecule has 1 aromatic carbocycles. The van der Waals surface area contributed by atoms with E-state index in [1.54, 1.807) is 14.0 Å². The number of benzene rings is 1. The Balaban J connectivity index is 2.55. The largest absolute Gasteiger partial charge is 0.504 e. The van der Waals surface area contributed by atoms with Crippen LogP contribution in [0.3, 0.4) is 0 Å². The van der Waals surface area contributed by atoms with E-state index in [0.29, 0.717) is 29.2 Å². The molecule has 7 nitrogen and oxygen atoms in total. The highest BCUT2D eigenvalue weighted by Gasteiger charge is 2.36. The first-order valence-corrected chi connectivity index (χ1v) is 8.55. The summed E-state index contributed by atoms with van der Waals surface area (Å²) in [4.78, 5) is 1.91. The van der Waals surface area contributed by atoms with Gasteiger partial charge < -0.3 is 19.5 Å². The Morgan fingerprint density at radius 2 is 1.86 bits per heavy atom. The Hall–Kier alpha value is -1.67. The van der Waals surface area contributed by atoms with Crippen LogP contribution in [0.4, 0.5) is 5.69 Å². The average molecular weight is 331 g/mol. The Morgan fingerprint density at radius 3 is 2.36 bits per heavy atom. The van der Waals surface area contributed by atoms with Gasteiger partial charge in [0.2, 0.25) is 0 Å². The SMILES string of the molecule is COc1c(C)c(OC)c2c(c1O)C(COS(C)(=O)=O)CN2C. The number of rotatable bonds is 5. The summed E-state index contributed by atoms with van der Waals surface area (Å²) in [5.74, 6) is 0.643. The molecule has 0 radical (unpaired) electrons. The lowest BCUT2D eigenvalue weighted by Gasteiger charge is -2.20. The van der Waals surface area contributed by atoms with E-state index >= 15 is 0 Å². The third-order valence-corrected chi connectivity index (χ3v) is 4.36. The van der Waals surface area contributed by atoms with Gasteiger partial charge >= 0.3 is 0 Å². The van der Waals surface area contributed by atoms with E-state index in [-0.39, 0.29) is 18.3 Å². The number of aromatic hydroxyl groups is 1. The molecule has 2 rings (SSSR count). The van der Waals surface area contributed by atoms with Gasteiger partial charge in [-0.3, -0.25) is 4.18 Å². The van der Waals surface area contributed by atoms with Crippen LogP contribution in [0.5, 0.6) is 17.2 Å². The van der Waals surface area contributed by atoms with Crippen LogP contribution in [-0.4, -0.2) is 54.2 Å². The molecule has 1 atom stereocenters. The topological polar surface area (TPSA) is 85.3 Å². The molecule has 0 fully saturated rings. The number of hydrogen-bond acceptors (Lipinski definition) is 7. The zero-order valence-corrected chi connectivity index (χ0v) is 14.2. The molecule has 1 unspecified atom stereocenters. The van der Waals surface area contributed by atoms with Crippen molar-refractivity contribution < 1.29 is 27.2 Å². The number of likely N-dealkylation sites (N-methyl/N-ethyl adjacent to an activating group) is 1. The summed E-state index contributed by atoms with van der Waals surface area (Å²) in [7, 11) is 1.32. The standard InChI is InChI=1S/C14H21NO6S/c1-8-13(19-3)11-10(12(16)14(8)20-4)9(6-15(11)2)7-21-22(5,17)18/h9,16H,6-7H2,1-5H3. The van der Waals surface area contributed by atoms with Crippen LogP contribution >= 0.6 is 0 Å². The summed E-state index contributed by atoms with van der Waals surface area (Å²) in [6.45, 7) is 2.27. The number of hydrogen-bond donors (Lipinski definition) is 1. The van der Waals surface area contributed by atoms with Crippen LogP contribution in [0.15, 0.2) is 0 Å². The van der Waals surface area contributed by atoms with Gasteiger partial charge in [-0.1, -0.05) is 0 Å². The Kier molecular flexibility index (Phi) is 4.44. The van der Waals surface area contributed by atoms with Crippen LogP contribution in [0.25, 0.3) is 0 Å². The third kappa shape index (κ3) is 2.80. The Morgan fingerprint density at radius 1 is 1.27 bits per heavy atom. The van der Waals surface area contributed by atoms with Gasteiger partial charge in [0.05, 0.1) is 32.8 Å². The molecule has 0 aromatic heterocycles. The quantitative estimate of drug-likeness (QED) is 0.812. The van der Waals surface area contributed by atoms with Gasteiger partial charge in [0.1, 0.15) is 5.75 Å². The van der Waals surface area contributed by atoms with Crippen LogP contribution in [0, 0.1) is 6.92 Å². The molecule has 1 aromatic rings. The first-order chi connectivity index (χ1) is 10.2. The molecule has 1 aliphatic rings. The van der Waals surface area contributed by atoms with Gasteiger partial charge in [-0.05, 0) is 6.92 Å². The van der Waals surface area contributed by atoms with E-state index < -0.39 is 10.1 Å². The molecular weight excluding hydrogens is 310 g/mol. The lowest BCUT2D eigenvalue weighted by Crippen LogP contribution is -2.19. The number of fused-ring (bicyclic) bond motifs is 1. The lowest BCUT2D eigenvalue weighted by molar-refractivity contribution is 0.295. The minimum Gasteiger partial charge on any atom is -0.504 e. The van der Waals surface area contributed by atoms with Crippen molar-refractivity contribution in [3.05, 3.63) is 11.1 Å². The molecule has 0 aliphatic carbocycles. The number of phenols is 1. The molecular formula is C14H21NO6S. The maximum Gasteiger partial charge on any atom is 0.264 e. The number of phenolic OH excluding ortho intramolecular Hbond substituents is 1. The summed E-state index contributed by atoms with van der Waals surface area (Å²) < 4.78 is 38.1. The highest BCUT2D eigenvalue weighted by Crippen LogP contribution is 2.53. The number of ether oxygens (including phenoxy) is 2. The molecule has 22 heavy (non-hydrogen) atoms. The minimum absolute atomic E-state index is 0.00208. The highest BCUT2D eigenvalue weighted by molar-refractivity contribution is 7.85. The van der Waals surface area contributed by atoms with Crippen molar-refractivity contribution in [1.29, 1.82) is 0 Å². The first-order valence-electron chi connectivity index (χ1n) is 6.74. The van der Waals surface area contributed by atoms with E-state index in [1.165, 1.54) is 7.11 Å². The smallest absolute Gasteiger partial charge is 0.264 e. The lowest BCUT2D eigenvalue weighted by atomic mass is 9.98. The van der Waals surface area contributed by atoms with Crippen molar-refractivity contribution >= 4 is 15.8 Å². The van der Waals surface area contributed by atoms with Gasteiger partial charge in [0, 0.05) is 30.6 Å². The zero-order chi connectivity index (χ0) is 16.7. The van der Waals surface area contributed by atoms with Crippen molar-refractivity contribution in [3.63, 3.8) is 0 Å². The number of nitrogens with zero attached hydrogens (tertiary/aromatic N) is 1. The monoisotopic (exact) mass is 331 g/mol. The predicted octanol–water partition coefficient (Wildman–Crippen LogP) is 1.23. The fourth-order valence-electron chi connectivity index (χ4n) is 2.94. The molecule has 0 bridgehead atoms. The second kappa shape index (κ2) is 5.85. The highest BCUT2D eigenvalue weighted by atomic mass is 32.2. The van der Waals surface area contributed by atoms with E-state index in [9.17, 15) is 13.5 Å². The number of anilines is 1. The van der Waals surface area contributed by atoms with Gasteiger partial charge in [0.15, 0.2) is 11.5 Å². The molecule has 124 valence electrons. The minimum atomic E-state index is -3.55. The van der Waals surface area contributed by atoms with Crippen LogP contribution in [0.2, 0.25) is 0 Å². The average Bonchev–Trinajstić information content (AvgIpc) is 2.74. The van der Waals surface area contributed by atoms with Gasteiger partial charge in [0.25, 0.3) is 10.1 Å². The van der Waals surface area contributed by atoms with Crippen LogP contribution < -0.4 is 14.4 Å². The summed E-state index contributed by atoms with van der Waals surface area (Å²) in [6.07, 6.45) is 1.00. The second-order valence-electron chi connectivity index (χ2n) is 5.37. The van der Waals surface area contributed by atoms with E-state index in [0.717, 1.165) is 11.9 Å². The van der Waals surface area contributed by atoms with Crippen molar-refractivity contribution in [2.75, 3.05) is 45.6 Å². The molecule has 0 saturated heterocycles. The maximum atomic E-state index is 11.2. The molecule has 1 aliphatic heterocycles. The van der Waals surface area contributed by atoms with Crippen molar-refractivity contribution in [3.8, 4) is 17.2 Å². The molecule has 8 heteroatoms. The summed E-state index contributed by atoms with van der Waals surface area (Å²) in [5, 5.41) is 10.5. The van der Waals surface area contributed by atoms with Gasteiger partial charge in [-0.25, -0.2) is 0 Å². The van der Waals surface area contributed by atoms with Gasteiger partial charge in [-0.15, -0.1) is 0 Å². The summed E-state index contributed by atoms with van der Waals surface area (Å²) in [6, 6.07) is 0. The van der Waals surface area contributed by atoms with E-state index in [4.69, 9.17) is 13.7 Å². The number of methoxy groups -OCH3 is 2. The van der Waals surface area contributed by atoms with Crippen molar-refractivity contribution in [2.24, 2.45) is 0 Å². The van der Waals surface area contributed by atoms with Crippen molar-refractivity contribution in [1.82, 2.24) is 0 Å². The predicted molar refractivity (Wildman–Crippen MR) is 82.8 cm³/mol. The van der Waals surface area contributed by atoms with E-state index in [1.807, 2.05) is 11.9 Å². The molecule has 0 amide bonds. The maximum absolute atomic E-state index is 11.2. The molecule has 1 heterocycles. The third-order valence-electron chi connectivity index (χ3n) is 3.80. The van der Waals surface area contributed by atoms with Crippen LogP contribution in [0.1, 0.15) is 17.0 Å². The summed E-state index contributed by atoms with van der Waals surface area (Å²) in [5.41, 5.74) is 2.02.